The third-order valence-electron chi connectivity index (χ3n) is 2.68. The lowest BCUT2D eigenvalue weighted by molar-refractivity contribution is -0.138. The molecule has 0 aromatic rings. The van der Waals surface area contributed by atoms with Crippen molar-refractivity contribution in [2.24, 2.45) is 5.92 Å². The minimum absolute atomic E-state index is 0.0428. The molecule has 1 saturated heterocycles. The number of carbonyl (C=O) groups excluding carboxylic acids is 1. The standard InChI is InChI=1S/C11H18N2O3/c1-7(3-10(14)15)4-13-11(16)8(2)9-5-12-6-9/h7,12H,3-6H2,1-2H3,(H,13,16)(H,14,15). The lowest BCUT2D eigenvalue weighted by Crippen LogP contribution is -2.38. The zero-order valence-electron chi connectivity index (χ0n) is 9.67. The Hall–Kier alpha value is -1.36. The van der Waals surface area contributed by atoms with Crippen molar-refractivity contribution in [2.75, 3.05) is 19.6 Å². The summed E-state index contributed by atoms with van der Waals surface area (Å²) < 4.78 is 0. The van der Waals surface area contributed by atoms with Crippen molar-refractivity contribution in [1.29, 1.82) is 0 Å². The van der Waals surface area contributed by atoms with Crippen LogP contribution in [0.2, 0.25) is 0 Å². The molecule has 1 fully saturated rings. The van der Waals surface area contributed by atoms with Crippen LogP contribution < -0.4 is 10.6 Å². The van der Waals surface area contributed by atoms with Crippen molar-refractivity contribution in [2.45, 2.75) is 20.3 Å². The minimum atomic E-state index is -0.833. The molecule has 0 bridgehead atoms. The van der Waals surface area contributed by atoms with Gasteiger partial charge in [0.1, 0.15) is 0 Å². The van der Waals surface area contributed by atoms with Gasteiger partial charge in [0.25, 0.3) is 0 Å². The minimum Gasteiger partial charge on any atom is -0.481 e. The van der Waals surface area contributed by atoms with E-state index in [-0.39, 0.29) is 18.2 Å². The van der Waals surface area contributed by atoms with Crippen LogP contribution in [0.15, 0.2) is 11.1 Å². The van der Waals surface area contributed by atoms with Gasteiger partial charge in [-0.05, 0) is 18.4 Å². The van der Waals surface area contributed by atoms with Crippen LogP contribution in [0, 0.1) is 5.92 Å². The predicted octanol–water partition coefficient (Wildman–Crippen LogP) is 0.133. The van der Waals surface area contributed by atoms with E-state index in [9.17, 15) is 9.59 Å². The number of amides is 1. The van der Waals surface area contributed by atoms with Crippen molar-refractivity contribution in [3.63, 3.8) is 0 Å². The van der Waals surface area contributed by atoms with Crippen molar-refractivity contribution in [1.82, 2.24) is 10.6 Å². The Morgan fingerprint density at radius 3 is 2.56 bits per heavy atom. The van der Waals surface area contributed by atoms with E-state index in [4.69, 9.17) is 5.11 Å². The number of rotatable bonds is 5. The van der Waals surface area contributed by atoms with Crippen LogP contribution in [0.5, 0.6) is 0 Å². The molecule has 90 valence electrons. The van der Waals surface area contributed by atoms with Gasteiger partial charge in [-0.3, -0.25) is 9.59 Å². The van der Waals surface area contributed by atoms with Gasteiger partial charge < -0.3 is 15.7 Å². The Morgan fingerprint density at radius 1 is 1.50 bits per heavy atom. The second-order valence-corrected chi connectivity index (χ2v) is 4.25. The van der Waals surface area contributed by atoms with Crippen molar-refractivity contribution in [3.05, 3.63) is 11.1 Å². The molecule has 0 aromatic heterocycles. The molecule has 1 unspecified atom stereocenters. The lowest BCUT2D eigenvalue weighted by atomic mass is 10.0. The summed E-state index contributed by atoms with van der Waals surface area (Å²) >= 11 is 0. The second-order valence-electron chi connectivity index (χ2n) is 4.25. The molecule has 1 atom stereocenters. The molecule has 0 spiro atoms. The van der Waals surface area contributed by atoms with Crippen LogP contribution in [-0.4, -0.2) is 36.6 Å². The highest BCUT2D eigenvalue weighted by Gasteiger charge is 2.16. The Labute approximate surface area is 94.9 Å². The summed E-state index contributed by atoms with van der Waals surface area (Å²) in [7, 11) is 0. The fraction of sp³-hybridized carbons (Fsp3) is 0.636. The Kier molecular flexibility index (Phi) is 4.49. The lowest BCUT2D eigenvalue weighted by Gasteiger charge is -2.21. The number of carboxylic acids is 1. The molecule has 0 aliphatic carbocycles. The molecular weight excluding hydrogens is 208 g/mol. The third kappa shape index (κ3) is 3.66. The fourth-order valence-corrected chi connectivity index (χ4v) is 1.45. The first-order chi connectivity index (χ1) is 7.50. The topological polar surface area (TPSA) is 78.4 Å². The smallest absolute Gasteiger partial charge is 0.303 e. The average Bonchev–Trinajstić information content (AvgIpc) is 2.10. The number of carbonyl (C=O) groups is 2. The quantitative estimate of drug-likeness (QED) is 0.582. The van der Waals surface area contributed by atoms with E-state index in [0.717, 1.165) is 24.2 Å². The summed E-state index contributed by atoms with van der Waals surface area (Å²) in [6, 6.07) is 0. The van der Waals surface area contributed by atoms with Crippen molar-refractivity contribution in [3.8, 4) is 0 Å². The highest BCUT2D eigenvalue weighted by Crippen LogP contribution is 2.09. The Bertz CT molecular complexity index is 317. The van der Waals surface area contributed by atoms with Crippen LogP contribution in [0.1, 0.15) is 20.3 Å². The Balaban J connectivity index is 2.32. The van der Waals surface area contributed by atoms with E-state index in [1.807, 2.05) is 6.92 Å². The molecule has 3 N–H and O–H groups in total. The van der Waals surface area contributed by atoms with E-state index in [1.165, 1.54) is 0 Å². The first-order valence-corrected chi connectivity index (χ1v) is 5.40. The number of aliphatic carboxylic acids is 1. The maximum atomic E-state index is 11.6. The molecule has 16 heavy (non-hydrogen) atoms. The summed E-state index contributed by atoms with van der Waals surface area (Å²) in [5.41, 5.74) is 1.88. The molecule has 1 amide bonds. The average molecular weight is 226 g/mol. The summed E-state index contributed by atoms with van der Waals surface area (Å²) in [5, 5.41) is 14.4. The van der Waals surface area contributed by atoms with Crippen molar-refractivity contribution < 1.29 is 14.7 Å². The molecule has 5 heteroatoms. The molecule has 0 saturated carbocycles. The summed E-state index contributed by atoms with van der Waals surface area (Å²) in [5.74, 6) is -0.965. The summed E-state index contributed by atoms with van der Waals surface area (Å²) in [4.78, 5) is 22.0. The van der Waals surface area contributed by atoms with Crippen LogP contribution >= 0.6 is 0 Å². The number of hydrogen-bond donors (Lipinski definition) is 3. The van der Waals surface area contributed by atoms with Gasteiger partial charge in [0.05, 0.1) is 0 Å². The van der Waals surface area contributed by atoms with Gasteiger partial charge in [0.15, 0.2) is 0 Å². The molecule has 1 heterocycles. The molecule has 1 rings (SSSR count). The monoisotopic (exact) mass is 226 g/mol. The first kappa shape index (κ1) is 12.7. The van der Waals surface area contributed by atoms with Gasteiger partial charge >= 0.3 is 5.97 Å². The highest BCUT2D eigenvalue weighted by atomic mass is 16.4. The van der Waals surface area contributed by atoms with E-state index in [1.54, 1.807) is 6.92 Å². The van der Waals surface area contributed by atoms with Gasteiger partial charge in [-0.25, -0.2) is 0 Å². The summed E-state index contributed by atoms with van der Waals surface area (Å²) in [6.45, 7) is 5.58. The molecule has 1 aliphatic heterocycles. The maximum absolute atomic E-state index is 11.6. The fourth-order valence-electron chi connectivity index (χ4n) is 1.45. The molecular formula is C11H18N2O3. The van der Waals surface area contributed by atoms with Crippen LogP contribution in [0.4, 0.5) is 0 Å². The van der Waals surface area contributed by atoms with Crippen LogP contribution in [0.3, 0.4) is 0 Å². The van der Waals surface area contributed by atoms with Crippen LogP contribution in [0.25, 0.3) is 0 Å². The highest BCUT2D eigenvalue weighted by molar-refractivity contribution is 5.93. The molecule has 0 radical (unpaired) electrons. The third-order valence-corrected chi connectivity index (χ3v) is 2.68. The van der Waals surface area contributed by atoms with E-state index < -0.39 is 5.97 Å². The second kappa shape index (κ2) is 5.65. The number of nitrogens with one attached hydrogen (secondary N) is 2. The van der Waals surface area contributed by atoms with E-state index >= 15 is 0 Å². The number of carboxylic acid groups (broad SMARTS) is 1. The zero-order chi connectivity index (χ0) is 12.1. The first-order valence-electron chi connectivity index (χ1n) is 5.40. The number of hydrogen-bond acceptors (Lipinski definition) is 3. The normalized spacial score (nSPS) is 16.2. The Morgan fingerprint density at radius 2 is 2.12 bits per heavy atom. The van der Waals surface area contributed by atoms with E-state index in [2.05, 4.69) is 10.6 Å². The van der Waals surface area contributed by atoms with Gasteiger partial charge in [0, 0.05) is 31.6 Å². The molecule has 0 aromatic carbocycles. The van der Waals surface area contributed by atoms with Gasteiger partial charge in [0.2, 0.25) is 5.91 Å². The largest absolute Gasteiger partial charge is 0.481 e. The van der Waals surface area contributed by atoms with Crippen molar-refractivity contribution >= 4 is 11.9 Å². The van der Waals surface area contributed by atoms with Gasteiger partial charge in [-0.1, -0.05) is 6.92 Å². The molecule has 1 aliphatic rings. The summed E-state index contributed by atoms with van der Waals surface area (Å²) in [6.07, 6.45) is 0.0808. The predicted molar refractivity (Wildman–Crippen MR) is 60.0 cm³/mol. The van der Waals surface area contributed by atoms with Crippen LogP contribution in [-0.2, 0) is 9.59 Å². The SMILES string of the molecule is CC(C(=O)NCC(C)CC(=O)O)=C1CNC1. The van der Waals surface area contributed by atoms with E-state index in [0.29, 0.717) is 6.54 Å². The maximum Gasteiger partial charge on any atom is 0.303 e. The zero-order valence-corrected chi connectivity index (χ0v) is 9.67. The van der Waals surface area contributed by atoms with Gasteiger partial charge in [-0.2, -0.15) is 0 Å². The van der Waals surface area contributed by atoms with Gasteiger partial charge in [-0.15, -0.1) is 0 Å². The molecule has 5 nitrogen and oxygen atoms in total.